The monoisotopic (exact) mass is 484 g/mol. The van der Waals surface area contributed by atoms with Crippen LogP contribution in [0, 0.1) is 0 Å². The van der Waals surface area contributed by atoms with Crippen LogP contribution in [-0.2, 0) is 16.4 Å². The number of thiazole rings is 1. The number of sulfonamides is 1. The summed E-state index contributed by atoms with van der Waals surface area (Å²) in [5.41, 5.74) is 3.47. The van der Waals surface area contributed by atoms with E-state index in [1.54, 1.807) is 29.5 Å². The lowest BCUT2D eigenvalue weighted by molar-refractivity contribution is 0.313. The predicted molar refractivity (Wildman–Crippen MR) is 138 cm³/mol. The Kier molecular flexibility index (Phi) is 7.67. The van der Waals surface area contributed by atoms with E-state index in [4.69, 9.17) is 4.98 Å². The van der Waals surface area contributed by atoms with Gasteiger partial charge in [0.2, 0.25) is 0 Å². The van der Waals surface area contributed by atoms with Crippen LogP contribution in [0.3, 0.4) is 0 Å². The van der Waals surface area contributed by atoms with Crippen LogP contribution in [0.5, 0.6) is 0 Å². The first-order valence-corrected chi connectivity index (χ1v) is 13.9. The SMILES string of the molecule is CCCCCc1ccc(S(=O)(=O)Nc2cccc(-c3csc(N4CCN(C)CC4)n3)c2)cc1. The van der Waals surface area contributed by atoms with Gasteiger partial charge in [-0.25, -0.2) is 13.4 Å². The first-order chi connectivity index (χ1) is 15.9. The van der Waals surface area contributed by atoms with E-state index in [9.17, 15) is 8.42 Å². The van der Waals surface area contributed by atoms with Crippen LogP contribution in [0.25, 0.3) is 11.3 Å². The predicted octanol–water partition coefficient (Wildman–Crippen LogP) is 5.10. The van der Waals surface area contributed by atoms with Crippen molar-refractivity contribution >= 4 is 32.2 Å². The fourth-order valence-corrected chi connectivity index (χ4v) is 5.85. The Balaban J connectivity index is 1.44. The summed E-state index contributed by atoms with van der Waals surface area (Å²) in [6.45, 7) is 6.19. The zero-order valence-corrected chi connectivity index (χ0v) is 21.0. The summed E-state index contributed by atoms with van der Waals surface area (Å²) in [7, 11) is -1.51. The zero-order chi connectivity index (χ0) is 23.3. The normalized spacial score (nSPS) is 15.0. The minimum Gasteiger partial charge on any atom is -0.346 e. The summed E-state index contributed by atoms with van der Waals surface area (Å²) >= 11 is 1.63. The maximum absolute atomic E-state index is 12.9. The van der Waals surface area contributed by atoms with E-state index in [2.05, 4.69) is 28.5 Å². The summed E-state index contributed by atoms with van der Waals surface area (Å²) in [5.74, 6) is 0. The highest BCUT2D eigenvalue weighted by Crippen LogP contribution is 2.30. The van der Waals surface area contributed by atoms with Crippen LogP contribution >= 0.6 is 11.3 Å². The molecule has 0 spiro atoms. The number of benzene rings is 2. The molecule has 1 saturated heterocycles. The fourth-order valence-electron chi connectivity index (χ4n) is 3.91. The highest BCUT2D eigenvalue weighted by molar-refractivity contribution is 7.92. The minimum absolute atomic E-state index is 0.276. The molecule has 1 aromatic heterocycles. The molecule has 0 aliphatic carbocycles. The molecule has 2 aromatic carbocycles. The lowest BCUT2D eigenvalue weighted by Gasteiger charge is -2.32. The Hall–Kier alpha value is -2.42. The van der Waals surface area contributed by atoms with E-state index >= 15 is 0 Å². The largest absolute Gasteiger partial charge is 0.346 e. The number of hydrogen-bond donors (Lipinski definition) is 1. The molecule has 0 bridgehead atoms. The number of nitrogens with zero attached hydrogens (tertiary/aromatic N) is 3. The standard InChI is InChI=1S/C25H32N4O2S2/c1-3-4-5-7-20-10-12-23(13-11-20)33(30,31)27-22-9-6-8-21(18-22)24-19-32-25(26-24)29-16-14-28(2)15-17-29/h6,8-13,18-19,27H,3-5,7,14-17H2,1-2H3. The third-order valence-electron chi connectivity index (χ3n) is 5.98. The summed E-state index contributed by atoms with van der Waals surface area (Å²) in [6, 6.07) is 14.6. The average molecular weight is 485 g/mol. The van der Waals surface area contributed by atoms with E-state index in [1.165, 1.54) is 18.4 Å². The molecule has 6 nitrogen and oxygen atoms in total. The van der Waals surface area contributed by atoms with E-state index in [-0.39, 0.29) is 4.90 Å². The Labute approximate surface area is 201 Å². The lowest BCUT2D eigenvalue weighted by atomic mass is 10.1. The van der Waals surface area contributed by atoms with Crippen molar-refractivity contribution in [2.24, 2.45) is 0 Å². The van der Waals surface area contributed by atoms with Crippen molar-refractivity contribution in [2.75, 3.05) is 42.8 Å². The molecule has 0 radical (unpaired) electrons. The van der Waals surface area contributed by atoms with E-state index < -0.39 is 10.0 Å². The minimum atomic E-state index is -3.65. The van der Waals surface area contributed by atoms with E-state index in [1.807, 2.05) is 35.7 Å². The van der Waals surface area contributed by atoms with Gasteiger partial charge in [-0.15, -0.1) is 11.3 Å². The van der Waals surface area contributed by atoms with Gasteiger partial charge in [0.25, 0.3) is 10.0 Å². The Morgan fingerprint density at radius 2 is 1.79 bits per heavy atom. The zero-order valence-electron chi connectivity index (χ0n) is 19.3. The Morgan fingerprint density at radius 3 is 2.52 bits per heavy atom. The maximum Gasteiger partial charge on any atom is 0.261 e. The van der Waals surface area contributed by atoms with Crippen LogP contribution in [0.4, 0.5) is 10.8 Å². The number of unbranched alkanes of at least 4 members (excludes halogenated alkanes) is 2. The maximum atomic E-state index is 12.9. The smallest absolute Gasteiger partial charge is 0.261 e. The van der Waals surface area contributed by atoms with Gasteiger partial charge in [-0.1, -0.05) is 44.0 Å². The second kappa shape index (κ2) is 10.7. The molecule has 2 heterocycles. The first-order valence-electron chi connectivity index (χ1n) is 11.6. The average Bonchev–Trinajstić information content (AvgIpc) is 3.30. The van der Waals surface area contributed by atoms with Gasteiger partial charge >= 0.3 is 0 Å². The number of aryl methyl sites for hydroxylation is 1. The summed E-state index contributed by atoms with van der Waals surface area (Å²) in [5, 5.41) is 3.06. The molecular weight excluding hydrogens is 452 g/mol. The molecular formula is C25H32N4O2S2. The molecule has 0 atom stereocenters. The van der Waals surface area contributed by atoms with Gasteiger partial charge in [0.05, 0.1) is 10.6 Å². The summed E-state index contributed by atoms with van der Waals surface area (Å²) in [6.07, 6.45) is 4.47. The van der Waals surface area contributed by atoms with Gasteiger partial charge in [-0.2, -0.15) is 0 Å². The topological polar surface area (TPSA) is 65.5 Å². The highest BCUT2D eigenvalue weighted by Gasteiger charge is 2.18. The van der Waals surface area contributed by atoms with Crippen molar-refractivity contribution in [2.45, 2.75) is 37.5 Å². The van der Waals surface area contributed by atoms with Crippen LogP contribution in [0.2, 0.25) is 0 Å². The second-order valence-electron chi connectivity index (χ2n) is 8.59. The molecule has 4 rings (SSSR count). The van der Waals surface area contributed by atoms with Gasteiger partial charge in [0.15, 0.2) is 5.13 Å². The van der Waals surface area contributed by atoms with Crippen LogP contribution in [-0.4, -0.2) is 51.5 Å². The number of likely N-dealkylation sites (N-methyl/N-ethyl adjacent to an activating group) is 1. The van der Waals surface area contributed by atoms with E-state index in [0.29, 0.717) is 5.69 Å². The van der Waals surface area contributed by atoms with Crippen molar-refractivity contribution in [1.29, 1.82) is 0 Å². The Morgan fingerprint density at radius 1 is 1.03 bits per heavy atom. The summed E-state index contributed by atoms with van der Waals surface area (Å²) in [4.78, 5) is 9.72. The molecule has 1 fully saturated rings. The molecule has 1 N–H and O–H groups in total. The molecule has 3 aromatic rings. The number of aromatic nitrogens is 1. The first kappa shape index (κ1) is 23.7. The molecule has 8 heteroatoms. The molecule has 1 aliphatic rings. The van der Waals surface area contributed by atoms with Gasteiger partial charge in [0.1, 0.15) is 0 Å². The van der Waals surface area contributed by atoms with Gasteiger partial charge in [-0.05, 0) is 49.7 Å². The van der Waals surface area contributed by atoms with Crippen LogP contribution < -0.4 is 9.62 Å². The van der Waals surface area contributed by atoms with Crippen molar-refractivity contribution < 1.29 is 8.42 Å². The third kappa shape index (κ3) is 6.13. The van der Waals surface area contributed by atoms with Gasteiger partial charge < -0.3 is 9.80 Å². The number of rotatable bonds is 9. The molecule has 33 heavy (non-hydrogen) atoms. The molecule has 0 amide bonds. The lowest BCUT2D eigenvalue weighted by Crippen LogP contribution is -2.44. The van der Waals surface area contributed by atoms with Crippen molar-refractivity contribution in [3.8, 4) is 11.3 Å². The molecule has 0 saturated carbocycles. The number of piperazine rings is 1. The Bertz CT molecular complexity index is 1150. The third-order valence-corrected chi connectivity index (χ3v) is 8.28. The molecule has 1 aliphatic heterocycles. The number of anilines is 2. The van der Waals surface area contributed by atoms with Gasteiger partial charge in [-0.3, -0.25) is 4.72 Å². The number of hydrogen-bond acceptors (Lipinski definition) is 6. The van der Waals surface area contributed by atoms with Crippen molar-refractivity contribution in [3.05, 3.63) is 59.5 Å². The van der Waals surface area contributed by atoms with Crippen LogP contribution in [0.15, 0.2) is 58.8 Å². The number of nitrogens with one attached hydrogen (secondary N) is 1. The highest BCUT2D eigenvalue weighted by atomic mass is 32.2. The van der Waals surface area contributed by atoms with Crippen molar-refractivity contribution in [3.63, 3.8) is 0 Å². The second-order valence-corrected chi connectivity index (χ2v) is 11.1. The molecule has 176 valence electrons. The fraction of sp³-hybridized carbons (Fsp3) is 0.400. The molecule has 0 unspecified atom stereocenters. The van der Waals surface area contributed by atoms with Gasteiger partial charge in [0, 0.05) is 42.8 Å². The van der Waals surface area contributed by atoms with Crippen LogP contribution in [0.1, 0.15) is 31.7 Å². The summed E-state index contributed by atoms with van der Waals surface area (Å²) < 4.78 is 28.6. The van der Waals surface area contributed by atoms with Crippen molar-refractivity contribution in [1.82, 2.24) is 9.88 Å². The quantitative estimate of drug-likeness (QED) is 0.428. The van der Waals surface area contributed by atoms with E-state index in [0.717, 1.165) is 55.4 Å².